The molecule has 0 amide bonds. The lowest BCUT2D eigenvalue weighted by molar-refractivity contribution is 0.474. The van der Waals surface area contributed by atoms with E-state index in [0.29, 0.717) is 5.44 Å². The van der Waals surface area contributed by atoms with E-state index >= 15 is 0 Å². The lowest BCUT2D eigenvalue weighted by atomic mass is 10.2. The Morgan fingerprint density at radius 3 is 2.44 bits per heavy atom. The highest BCUT2D eigenvalue weighted by Gasteiger charge is 2.26. The van der Waals surface area contributed by atoms with E-state index in [9.17, 15) is 0 Å². The largest absolute Gasteiger partial charge is 0.291 e. The normalized spacial score (nSPS) is 23.8. The molecule has 0 N–H and O–H groups in total. The molecule has 0 radical (unpaired) electrons. The van der Waals surface area contributed by atoms with Gasteiger partial charge >= 0.3 is 0 Å². The van der Waals surface area contributed by atoms with Gasteiger partial charge in [-0.2, -0.15) is 0 Å². The Kier molecular flexibility index (Phi) is 1.21. The number of hydrogen-bond donors (Lipinski definition) is 0. The van der Waals surface area contributed by atoms with Crippen molar-refractivity contribution in [3.8, 4) is 0 Å². The van der Waals surface area contributed by atoms with Crippen molar-refractivity contribution < 1.29 is 4.18 Å². The Hall–Kier alpha value is -0.470. The predicted octanol–water partition coefficient (Wildman–Crippen LogP) is 2.36. The molecule has 1 aliphatic heterocycles. The molecule has 46 valence electrons. The molecule has 1 aromatic rings. The molecule has 1 aromatic carbocycles. The van der Waals surface area contributed by atoms with Crippen molar-refractivity contribution in [2.24, 2.45) is 0 Å². The molecule has 0 aliphatic carbocycles. The number of hydrogen-bond acceptors (Lipinski definition) is 2. The molecule has 0 unspecified atom stereocenters. The van der Waals surface area contributed by atoms with E-state index in [1.54, 1.807) is 0 Å². The van der Waals surface area contributed by atoms with Crippen LogP contribution in [-0.4, -0.2) is 0 Å². The summed E-state index contributed by atoms with van der Waals surface area (Å²) < 4.78 is 5.01. The van der Waals surface area contributed by atoms with Crippen molar-refractivity contribution in [3.05, 3.63) is 35.9 Å². The molecule has 0 aromatic heterocycles. The molecule has 2 heteroatoms. The SMILES string of the molecule is c1ccc([C@@H]2OS2)cc1. The summed E-state index contributed by atoms with van der Waals surface area (Å²) in [5, 5.41) is 0. The Balaban J connectivity index is 2.29. The van der Waals surface area contributed by atoms with Gasteiger partial charge in [-0.1, -0.05) is 30.3 Å². The zero-order chi connectivity index (χ0) is 6.10. The van der Waals surface area contributed by atoms with Gasteiger partial charge in [-0.3, -0.25) is 4.18 Å². The first-order chi connectivity index (χ1) is 4.47. The fraction of sp³-hybridized carbons (Fsp3) is 0.143. The summed E-state index contributed by atoms with van der Waals surface area (Å²) in [6.07, 6.45) is 0. The first kappa shape index (κ1) is 5.33. The molecule has 1 nitrogen and oxygen atoms in total. The molecule has 1 aliphatic rings. The van der Waals surface area contributed by atoms with Gasteiger partial charge in [-0.25, -0.2) is 0 Å². The second kappa shape index (κ2) is 2.05. The second-order valence-corrected chi connectivity index (χ2v) is 2.75. The lowest BCUT2D eigenvalue weighted by Crippen LogP contribution is -1.73. The summed E-state index contributed by atoms with van der Waals surface area (Å²) in [7, 11) is 0. The second-order valence-electron chi connectivity index (χ2n) is 1.94. The fourth-order valence-corrected chi connectivity index (χ4v) is 1.18. The highest BCUT2D eigenvalue weighted by molar-refractivity contribution is 8.00. The van der Waals surface area contributed by atoms with Crippen LogP contribution in [0.1, 0.15) is 11.0 Å². The lowest BCUT2D eigenvalue weighted by Gasteiger charge is -1.88. The quantitative estimate of drug-likeness (QED) is 0.436. The van der Waals surface area contributed by atoms with E-state index in [-0.39, 0.29) is 0 Å². The summed E-state index contributed by atoms with van der Waals surface area (Å²) >= 11 is 1.52. The van der Waals surface area contributed by atoms with Gasteiger partial charge in [0.15, 0.2) is 5.44 Å². The average molecular weight is 138 g/mol. The maximum absolute atomic E-state index is 5.01. The summed E-state index contributed by atoms with van der Waals surface area (Å²) in [5.74, 6) is 0. The molecule has 1 saturated heterocycles. The molecular formula is C7H6OS. The highest BCUT2D eigenvalue weighted by atomic mass is 32.2. The molecule has 9 heavy (non-hydrogen) atoms. The van der Waals surface area contributed by atoms with Crippen molar-refractivity contribution in [3.63, 3.8) is 0 Å². The van der Waals surface area contributed by atoms with Crippen LogP contribution in [0.4, 0.5) is 0 Å². The summed E-state index contributed by atoms with van der Waals surface area (Å²) in [6.45, 7) is 0. The molecule has 2 rings (SSSR count). The molecule has 1 fully saturated rings. The predicted molar refractivity (Wildman–Crippen MR) is 37.9 cm³/mol. The van der Waals surface area contributed by atoms with Gasteiger partial charge in [0.2, 0.25) is 0 Å². The van der Waals surface area contributed by atoms with Crippen LogP contribution in [0.5, 0.6) is 0 Å². The molecule has 0 bridgehead atoms. The molecule has 1 heterocycles. The van der Waals surface area contributed by atoms with Crippen molar-refractivity contribution in [2.45, 2.75) is 5.44 Å². The van der Waals surface area contributed by atoms with Crippen LogP contribution in [0.25, 0.3) is 0 Å². The molecule has 0 saturated carbocycles. The summed E-state index contributed by atoms with van der Waals surface area (Å²) in [4.78, 5) is 0. The van der Waals surface area contributed by atoms with Gasteiger partial charge in [-0.15, -0.1) is 0 Å². The van der Waals surface area contributed by atoms with Gasteiger partial charge in [-0.05, 0) is 5.56 Å². The van der Waals surface area contributed by atoms with Crippen LogP contribution in [0, 0.1) is 0 Å². The third kappa shape index (κ3) is 1.09. The van der Waals surface area contributed by atoms with E-state index < -0.39 is 0 Å². The van der Waals surface area contributed by atoms with Crippen LogP contribution in [0.15, 0.2) is 30.3 Å². The Bertz CT molecular complexity index is 193. The minimum absolute atomic E-state index is 0.325. The fourth-order valence-electron chi connectivity index (χ4n) is 0.749. The van der Waals surface area contributed by atoms with Crippen molar-refractivity contribution in [2.75, 3.05) is 0 Å². The summed E-state index contributed by atoms with van der Waals surface area (Å²) in [5.41, 5.74) is 1.59. The highest BCUT2D eigenvalue weighted by Crippen LogP contribution is 2.48. The molecular weight excluding hydrogens is 132 g/mol. The van der Waals surface area contributed by atoms with Crippen LogP contribution < -0.4 is 0 Å². The van der Waals surface area contributed by atoms with Gasteiger partial charge < -0.3 is 0 Å². The topological polar surface area (TPSA) is 12.5 Å². The standard InChI is InChI=1S/C7H6OS/c1-2-4-6(5-3-1)7-8-9-7/h1-5,7H/t7-/m1/s1. The maximum atomic E-state index is 5.01. The van der Waals surface area contributed by atoms with Gasteiger partial charge in [0.25, 0.3) is 0 Å². The maximum Gasteiger partial charge on any atom is 0.168 e. The van der Waals surface area contributed by atoms with E-state index in [1.165, 1.54) is 17.6 Å². The Labute approximate surface area is 58.2 Å². The van der Waals surface area contributed by atoms with E-state index in [4.69, 9.17) is 4.18 Å². The van der Waals surface area contributed by atoms with Crippen LogP contribution in [-0.2, 0) is 4.18 Å². The number of rotatable bonds is 1. The smallest absolute Gasteiger partial charge is 0.168 e. The van der Waals surface area contributed by atoms with Crippen LogP contribution >= 0.6 is 12.0 Å². The first-order valence-corrected chi connectivity index (χ1v) is 3.64. The van der Waals surface area contributed by atoms with Crippen LogP contribution in [0.3, 0.4) is 0 Å². The minimum Gasteiger partial charge on any atom is -0.291 e. The first-order valence-electron chi connectivity index (χ1n) is 2.84. The van der Waals surface area contributed by atoms with Crippen molar-refractivity contribution in [1.29, 1.82) is 0 Å². The third-order valence-electron chi connectivity index (χ3n) is 1.26. The van der Waals surface area contributed by atoms with E-state index in [1.807, 2.05) is 18.2 Å². The zero-order valence-electron chi connectivity index (χ0n) is 4.78. The molecule has 1 atom stereocenters. The number of benzene rings is 1. The van der Waals surface area contributed by atoms with Crippen molar-refractivity contribution in [1.82, 2.24) is 0 Å². The Morgan fingerprint density at radius 2 is 1.89 bits per heavy atom. The average Bonchev–Trinajstić information content (AvgIpc) is 2.71. The Morgan fingerprint density at radius 1 is 1.22 bits per heavy atom. The van der Waals surface area contributed by atoms with Crippen LogP contribution in [0.2, 0.25) is 0 Å². The monoisotopic (exact) mass is 138 g/mol. The van der Waals surface area contributed by atoms with Gasteiger partial charge in [0.05, 0.1) is 0 Å². The van der Waals surface area contributed by atoms with E-state index in [0.717, 1.165) is 0 Å². The van der Waals surface area contributed by atoms with Crippen molar-refractivity contribution >= 4 is 12.0 Å². The third-order valence-corrected chi connectivity index (χ3v) is 1.92. The van der Waals surface area contributed by atoms with Gasteiger partial charge in [0, 0.05) is 12.0 Å². The molecule has 0 spiro atoms. The minimum atomic E-state index is 0.325. The van der Waals surface area contributed by atoms with Gasteiger partial charge in [0.1, 0.15) is 0 Å². The zero-order valence-corrected chi connectivity index (χ0v) is 5.60. The van der Waals surface area contributed by atoms with E-state index in [2.05, 4.69) is 12.1 Å². The summed E-state index contributed by atoms with van der Waals surface area (Å²) in [6, 6.07) is 10.2.